The summed E-state index contributed by atoms with van der Waals surface area (Å²) in [5, 5.41) is 0. The molecule has 5 nitrogen and oxygen atoms in total. The highest BCUT2D eigenvalue weighted by molar-refractivity contribution is 7.89. The fourth-order valence-corrected chi connectivity index (χ4v) is 3.09. The Kier molecular flexibility index (Phi) is 3.77. The predicted molar refractivity (Wildman–Crippen MR) is 65.4 cm³/mol. The number of nitrogen functional groups attached to an aromatic ring is 2. The smallest absolute Gasteiger partial charge is 0.245 e. The van der Waals surface area contributed by atoms with Crippen LogP contribution in [0.1, 0.15) is 13.8 Å². The number of benzene rings is 1. The molecule has 0 aliphatic carbocycles. The monoisotopic (exact) mass is 243 g/mol. The van der Waals surface area contributed by atoms with Crippen LogP contribution in [0.2, 0.25) is 0 Å². The Morgan fingerprint density at radius 1 is 1.19 bits per heavy atom. The van der Waals surface area contributed by atoms with Gasteiger partial charge in [0.25, 0.3) is 0 Å². The molecule has 0 spiro atoms. The lowest BCUT2D eigenvalue weighted by atomic mass is 10.3. The average Bonchev–Trinajstić information content (AvgIpc) is 2.23. The number of anilines is 2. The molecule has 0 radical (unpaired) electrons. The second-order valence-electron chi connectivity index (χ2n) is 3.39. The van der Waals surface area contributed by atoms with Crippen LogP contribution in [0.5, 0.6) is 0 Å². The number of hydrogen-bond acceptors (Lipinski definition) is 4. The second kappa shape index (κ2) is 4.71. The zero-order valence-electron chi connectivity index (χ0n) is 9.47. The summed E-state index contributed by atoms with van der Waals surface area (Å²) in [7, 11) is -3.53. The second-order valence-corrected chi connectivity index (χ2v) is 5.29. The van der Waals surface area contributed by atoms with Crippen LogP contribution in [0.4, 0.5) is 11.4 Å². The molecule has 0 aliphatic heterocycles. The molecule has 16 heavy (non-hydrogen) atoms. The lowest BCUT2D eigenvalue weighted by Gasteiger charge is -2.19. The number of rotatable bonds is 4. The van der Waals surface area contributed by atoms with E-state index in [1.54, 1.807) is 19.9 Å². The van der Waals surface area contributed by atoms with E-state index in [2.05, 4.69) is 0 Å². The molecule has 0 saturated heterocycles. The number of nitrogens with two attached hydrogens (primary N) is 2. The minimum atomic E-state index is -3.53. The molecule has 6 heteroatoms. The Hall–Kier alpha value is -1.27. The van der Waals surface area contributed by atoms with E-state index < -0.39 is 10.0 Å². The van der Waals surface area contributed by atoms with Crippen molar-refractivity contribution in [1.29, 1.82) is 0 Å². The normalized spacial score (nSPS) is 11.9. The average molecular weight is 243 g/mol. The first-order chi connectivity index (χ1) is 7.43. The van der Waals surface area contributed by atoms with Crippen molar-refractivity contribution in [3.05, 3.63) is 18.2 Å². The van der Waals surface area contributed by atoms with E-state index in [-0.39, 0.29) is 10.6 Å². The minimum absolute atomic E-state index is 0.0798. The van der Waals surface area contributed by atoms with Crippen molar-refractivity contribution >= 4 is 21.4 Å². The molecule has 1 aromatic carbocycles. The van der Waals surface area contributed by atoms with Crippen molar-refractivity contribution in [2.75, 3.05) is 24.6 Å². The maximum absolute atomic E-state index is 12.2. The maximum atomic E-state index is 12.2. The molecule has 0 aliphatic rings. The molecule has 1 rings (SSSR count). The zero-order chi connectivity index (χ0) is 12.3. The maximum Gasteiger partial charge on any atom is 0.245 e. The van der Waals surface area contributed by atoms with Gasteiger partial charge in [0.1, 0.15) is 4.90 Å². The molecule has 0 amide bonds. The molecule has 0 atom stereocenters. The summed E-state index contributed by atoms with van der Waals surface area (Å²) in [6.45, 7) is 4.38. The Morgan fingerprint density at radius 3 is 2.25 bits per heavy atom. The van der Waals surface area contributed by atoms with Gasteiger partial charge in [0, 0.05) is 18.8 Å². The van der Waals surface area contributed by atoms with E-state index in [1.165, 1.54) is 16.4 Å². The zero-order valence-corrected chi connectivity index (χ0v) is 10.3. The van der Waals surface area contributed by atoms with Crippen LogP contribution in [0.25, 0.3) is 0 Å². The topological polar surface area (TPSA) is 89.4 Å². The van der Waals surface area contributed by atoms with Crippen molar-refractivity contribution in [2.24, 2.45) is 0 Å². The van der Waals surface area contributed by atoms with Gasteiger partial charge < -0.3 is 11.5 Å². The summed E-state index contributed by atoms with van der Waals surface area (Å²) in [5.41, 5.74) is 11.8. The lowest BCUT2D eigenvalue weighted by molar-refractivity contribution is 0.445. The van der Waals surface area contributed by atoms with Crippen LogP contribution in [0, 0.1) is 0 Å². The molecule has 90 valence electrons. The van der Waals surface area contributed by atoms with E-state index in [0.717, 1.165) is 0 Å². The number of nitrogens with zero attached hydrogens (tertiary/aromatic N) is 1. The van der Waals surface area contributed by atoms with Gasteiger partial charge in [0.05, 0.1) is 5.69 Å². The van der Waals surface area contributed by atoms with Crippen molar-refractivity contribution in [3.8, 4) is 0 Å². The SMILES string of the molecule is CCN(CC)S(=O)(=O)c1cc(N)ccc1N. The van der Waals surface area contributed by atoms with Crippen molar-refractivity contribution in [3.63, 3.8) is 0 Å². The first-order valence-electron chi connectivity index (χ1n) is 5.08. The lowest BCUT2D eigenvalue weighted by Crippen LogP contribution is -2.31. The van der Waals surface area contributed by atoms with Gasteiger partial charge >= 0.3 is 0 Å². The van der Waals surface area contributed by atoms with Crippen LogP contribution in [0.3, 0.4) is 0 Å². The molecular weight excluding hydrogens is 226 g/mol. The van der Waals surface area contributed by atoms with Crippen molar-refractivity contribution in [1.82, 2.24) is 4.31 Å². The fraction of sp³-hybridized carbons (Fsp3) is 0.400. The Morgan fingerprint density at radius 2 is 1.75 bits per heavy atom. The van der Waals surface area contributed by atoms with Gasteiger partial charge in [-0.2, -0.15) is 4.31 Å². The first kappa shape index (κ1) is 12.8. The van der Waals surface area contributed by atoms with Crippen molar-refractivity contribution in [2.45, 2.75) is 18.7 Å². The van der Waals surface area contributed by atoms with Crippen LogP contribution >= 0.6 is 0 Å². The highest BCUT2D eigenvalue weighted by Gasteiger charge is 2.23. The predicted octanol–water partition coefficient (Wildman–Crippen LogP) is 0.882. The van der Waals surface area contributed by atoms with Gasteiger partial charge in [-0.3, -0.25) is 0 Å². The van der Waals surface area contributed by atoms with Gasteiger partial charge in [-0.1, -0.05) is 13.8 Å². The van der Waals surface area contributed by atoms with E-state index >= 15 is 0 Å². The van der Waals surface area contributed by atoms with Crippen LogP contribution < -0.4 is 11.5 Å². The third kappa shape index (κ3) is 2.28. The summed E-state index contributed by atoms with van der Waals surface area (Å²) in [4.78, 5) is 0.0798. The fourth-order valence-electron chi connectivity index (χ4n) is 1.48. The summed E-state index contributed by atoms with van der Waals surface area (Å²) < 4.78 is 25.7. The van der Waals surface area contributed by atoms with Gasteiger partial charge in [0.15, 0.2) is 0 Å². The quantitative estimate of drug-likeness (QED) is 0.768. The van der Waals surface area contributed by atoms with Gasteiger partial charge in [-0.25, -0.2) is 8.42 Å². The molecule has 0 fully saturated rings. The largest absolute Gasteiger partial charge is 0.399 e. The Balaban J connectivity index is 3.31. The summed E-state index contributed by atoms with van der Waals surface area (Å²) >= 11 is 0. The molecular formula is C10H17N3O2S. The summed E-state index contributed by atoms with van der Waals surface area (Å²) in [6, 6.07) is 4.48. The third-order valence-electron chi connectivity index (χ3n) is 2.36. The molecule has 0 aromatic heterocycles. The molecule has 4 N–H and O–H groups in total. The van der Waals surface area contributed by atoms with Gasteiger partial charge in [0.2, 0.25) is 10.0 Å². The molecule has 0 bridgehead atoms. The van der Waals surface area contributed by atoms with Crippen molar-refractivity contribution < 1.29 is 8.42 Å². The van der Waals surface area contributed by atoms with E-state index in [4.69, 9.17) is 11.5 Å². The minimum Gasteiger partial charge on any atom is -0.399 e. The Bertz CT molecular complexity index is 467. The summed E-state index contributed by atoms with van der Waals surface area (Å²) in [5.74, 6) is 0. The van der Waals surface area contributed by atoms with Crippen LogP contribution in [-0.2, 0) is 10.0 Å². The van der Waals surface area contributed by atoms with Gasteiger partial charge in [-0.15, -0.1) is 0 Å². The Labute approximate surface area is 96.1 Å². The molecule has 1 aromatic rings. The first-order valence-corrected chi connectivity index (χ1v) is 6.52. The van der Waals surface area contributed by atoms with Gasteiger partial charge in [-0.05, 0) is 18.2 Å². The number of hydrogen-bond donors (Lipinski definition) is 2. The van der Waals surface area contributed by atoms with Crippen LogP contribution in [-0.4, -0.2) is 25.8 Å². The highest BCUT2D eigenvalue weighted by Crippen LogP contribution is 2.24. The highest BCUT2D eigenvalue weighted by atomic mass is 32.2. The van der Waals surface area contributed by atoms with E-state index in [9.17, 15) is 8.42 Å². The van der Waals surface area contributed by atoms with E-state index in [0.29, 0.717) is 18.8 Å². The molecule has 0 saturated carbocycles. The van der Waals surface area contributed by atoms with E-state index in [1.807, 2.05) is 0 Å². The number of sulfonamides is 1. The standard InChI is InChI=1S/C10H17N3O2S/c1-3-13(4-2)16(14,15)10-7-8(11)5-6-9(10)12/h5-7H,3-4,11-12H2,1-2H3. The summed E-state index contributed by atoms with van der Waals surface area (Å²) in [6.07, 6.45) is 0. The molecule has 0 heterocycles. The molecule has 0 unspecified atom stereocenters. The third-order valence-corrected chi connectivity index (χ3v) is 4.47. The van der Waals surface area contributed by atoms with Crippen LogP contribution in [0.15, 0.2) is 23.1 Å².